The van der Waals surface area contributed by atoms with E-state index in [4.69, 9.17) is 9.47 Å². The van der Waals surface area contributed by atoms with Gasteiger partial charge in [-0.3, -0.25) is 4.98 Å². The zero-order valence-corrected chi connectivity index (χ0v) is 14.6. The molecule has 24 heavy (non-hydrogen) atoms. The first-order valence-electron chi connectivity index (χ1n) is 8.24. The predicted octanol–water partition coefficient (Wildman–Crippen LogP) is 4.06. The normalized spacial score (nSPS) is 16.4. The van der Waals surface area contributed by atoms with Crippen molar-refractivity contribution in [2.45, 2.75) is 52.2 Å². The van der Waals surface area contributed by atoms with Gasteiger partial charge in [0.25, 0.3) is 0 Å². The average Bonchev–Trinajstić information content (AvgIpc) is 2.92. The van der Waals surface area contributed by atoms with E-state index < -0.39 is 0 Å². The molecule has 0 amide bonds. The maximum Gasteiger partial charge on any atom is 0.342 e. The van der Waals surface area contributed by atoms with E-state index in [1.807, 2.05) is 31.3 Å². The number of para-hydroxylation sites is 1. The Morgan fingerprint density at radius 1 is 1.33 bits per heavy atom. The number of carbonyl (C=O) groups is 1. The first-order chi connectivity index (χ1) is 11.3. The second kappa shape index (κ2) is 6.27. The third kappa shape index (κ3) is 3.42. The highest BCUT2D eigenvalue weighted by molar-refractivity contribution is 5.93. The Bertz CT molecular complexity index is 762. The van der Waals surface area contributed by atoms with Crippen LogP contribution in [0.2, 0.25) is 0 Å². The number of rotatable bonds is 3. The van der Waals surface area contributed by atoms with Crippen LogP contribution in [0.4, 0.5) is 0 Å². The van der Waals surface area contributed by atoms with E-state index in [1.54, 1.807) is 12.3 Å². The molecule has 1 aliphatic rings. The Balaban J connectivity index is 1.73. The first kappa shape index (κ1) is 16.5. The van der Waals surface area contributed by atoms with Crippen LogP contribution in [-0.4, -0.2) is 17.1 Å². The monoisotopic (exact) mass is 325 g/mol. The fraction of sp³-hybridized carbons (Fsp3) is 0.400. The van der Waals surface area contributed by atoms with Gasteiger partial charge >= 0.3 is 5.97 Å². The molecule has 0 fully saturated rings. The zero-order valence-electron chi connectivity index (χ0n) is 14.6. The summed E-state index contributed by atoms with van der Waals surface area (Å²) in [6, 6.07) is 7.66. The summed E-state index contributed by atoms with van der Waals surface area (Å²) in [6.45, 7) is 8.59. The number of benzene rings is 1. The van der Waals surface area contributed by atoms with Gasteiger partial charge in [0.15, 0.2) is 0 Å². The maximum atomic E-state index is 12.4. The highest BCUT2D eigenvalue weighted by atomic mass is 16.5. The van der Waals surface area contributed by atoms with Crippen molar-refractivity contribution in [1.82, 2.24) is 4.98 Å². The number of fused-ring (bicyclic) bond motifs is 1. The summed E-state index contributed by atoms with van der Waals surface area (Å²) in [5.74, 6) is 0.304. The van der Waals surface area contributed by atoms with Crippen molar-refractivity contribution in [2.24, 2.45) is 0 Å². The molecule has 0 saturated carbocycles. The Morgan fingerprint density at radius 3 is 2.88 bits per heavy atom. The summed E-state index contributed by atoms with van der Waals surface area (Å²) < 4.78 is 11.2. The number of hydrogen-bond donors (Lipinski definition) is 0. The van der Waals surface area contributed by atoms with Gasteiger partial charge < -0.3 is 9.47 Å². The molecule has 4 nitrogen and oxygen atoms in total. The molecular weight excluding hydrogens is 302 g/mol. The Kier molecular flexibility index (Phi) is 4.31. The van der Waals surface area contributed by atoms with Crippen LogP contribution in [0.25, 0.3) is 0 Å². The number of hydrogen-bond acceptors (Lipinski definition) is 4. The van der Waals surface area contributed by atoms with E-state index in [0.29, 0.717) is 11.3 Å². The summed E-state index contributed by atoms with van der Waals surface area (Å²) in [5, 5.41) is 0. The van der Waals surface area contributed by atoms with E-state index in [-0.39, 0.29) is 24.1 Å². The smallest absolute Gasteiger partial charge is 0.342 e. The summed E-state index contributed by atoms with van der Waals surface area (Å²) >= 11 is 0. The van der Waals surface area contributed by atoms with Crippen LogP contribution in [0.3, 0.4) is 0 Å². The van der Waals surface area contributed by atoms with E-state index in [0.717, 1.165) is 23.1 Å². The van der Waals surface area contributed by atoms with Gasteiger partial charge in [-0.25, -0.2) is 4.79 Å². The molecule has 2 aromatic rings. The Labute approximate surface area is 142 Å². The topological polar surface area (TPSA) is 48.4 Å². The molecule has 1 aromatic carbocycles. The maximum absolute atomic E-state index is 12.4. The third-order valence-electron chi connectivity index (χ3n) is 4.17. The number of nitrogens with zero attached hydrogens (tertiary/aromatic N) is 1. The van der Waals surface area contributed by atoms with Gasteiger partial charge in [-0.15, -0.1) is 0 Å². The SMILES string of the molecule is CC1Cc2cccc(C(=O)OCc3cncc(C(C)(C)C)c3)c2O1. The minimum absolute atomic E-state index is 0.0112. The number of esters is 1. The van der Waals surface area contributed by atoms with Crippen LogP contribution in [0, 0.1) is 0 Å². The molecule has 0 spiro atoms. The van der Waals surface area contributed by atoms with Gasteiger partial charge in [-0.05, 0) is 35.6 Å². The minimum Gasteiger partial charge on any atom is -0.489 e. The standard InChI is InChI=1S/C20H23NO3/c1-13-8-15-6-5-7-17(18(15)24-13)19(22)23-12-14-9-16(11-21-10-14)20(2,3)4/h5-7,9-11,13H,8,12H2,1-4H3. The average molecular weight is 325 g/mol. The predicted molar refractivity (Wildman–Crippen MR) is 92.3 cm³/mol. The molecule has 0 N–H and O–H groups in total. The zero-order chi connectivity index (χ0) is 17.3. The molecule has 4 heteroatoms. The lowest BCUT2D eigenvalue weighted by Gasteiger charge is -2.19. The first-order valence-corrected chi connectivity index (χ1v) is 8.24. The molecule has 0 radical (unpaired) electrons. The molecule has 0 bridgehead atoms. The molecule has 126 valence electrons. The Hall–Kier alpha value is -2.36. The third-order valence-corrected chi connectivity index (χ3v) is 4.17. The molecule has 1 aliphatic heterocycles. The quantitative estimate of drug-likeness (QED) is 0.799. The fourth-order valence-corrected chi connectivity index (χ4v) is 2.80. The van der Waals surface area contributed by atoms with Gasteiger partial charge in [-0.1, -0.05) is 32.9 Å². The molecule has 2 heterocycles. The van der Waals surface area contributed by atoms with Crippen LogP contribution in [-0.2, 0) is 23.2 Å². The van der Waals surface area contributed by atoms with Crippen LogP contribution >= 0.6 is 0 Å². The highest BCUT2D eigenvalue weighted by Gasteiger charge is 2.25. The second-order valence-corrected chi connectivity index (χ2v) is 7.33. The minimum atomic E-state index is -0.359. The van der Waals surface area contributed by atoms with Crippen molar-refractivity contribution in [1.29, 1.82) is 0 Å². The number of carbonyl (C=O) groups excluding carboxylic acids is 1. The van der Waals surface area contributed by atoms with E-state index in [9.17, 15) is 4.79 Å². The molecule has 1 unspecified atom stereocenters. The van der Waals surface area contributed by atoms with E-state index >= 15 is 0 Å². The molecule has 0 saturated heterocycles. The van der Waals surface area contributed by atoms with Crippen molar-refractivity contribution in [3.05, 3.63) is 58.9 Å². The summed E-state index contributed by atoms with van der Waals surface area (Å²) in [4.78, 5) is 16.7. The lowest BCUT2D eigenvalue weighted by molar-refractivity contribution is 0.0467. The summed E-state index contributed by atoms with van der Waals surface area (Å²) in [6.07, 6.45) is 4.51. The lowest BCUT2D eigenvalue weighted by atomic mass is 9.88. The summed E-state index contributed by atoms with van der Waals surface area (Å²) in [7, 11) is 0. The molecule has 1 atom stereocenters. The van der Waals surface area contributed by atoms with E-state index in [1.165, 1.54) is 0 Å². The molecular formula is C20H23NO3. The highest BCUT2D eigenvalue weighted by Crippen LogP contribution is 2.33. The molecule has 0 aliphatic carbocycles. The van der Waals surface area contributed by atoms with Gasteiger partial charge in [-0.2, -0.15) is 0 Å². The van der Waals surface area contributed by atoms with Crippen LogP contribution in [0.1, 0.15) is 54.7 Å². The van der Waals surface area contributed by atoms with Crippen molar-refractivity contribution in [3.63, 3.8) is 0 Å². The number of pyridine rings is 1. The van der Waals surface area contributed by atoms with Crippen LogP contribution in [0.15, 0.2) is 36.7 Å². The molecule has 3 rings (SSSR count). The second-order valence-electron chi connectivity index (χ2n) is 7.33. The molecule has 1 aromatic heterocycles. The van der Waals surface area contributed by atoms with Crippen molar-refractivity contribution < 1.29 is 14.3 Å². The van der Waals surface area contributed by atoms with Crippen molar-refractivity contribution in [3.8, 4) is 5.75 Å². The Morgan fingerprint density at radius 2 is 2.12 bits per heavy atom. The number of aromatic nitrogens is 1. The van der Waals surface area contributed by atoms with Crippen molar-refractivity contribution >= 4 is 5.97 Å². The van der Waals surface area contributed by atoms with Gasteiger partial charge in [0.05, 0.1) is 0 Å². The summed E-state index contributed by atoms with van der Waals surface area (Å²) in [5.41, 5.74) is 3.58. The van der Waals surface area contributed by atoms with Gasteiger partial charge in [0, 0.05) is 24.4 Å². The fourth-order valence-electron chi connectivity index (χ4n) is 2.80. The van der Waals surface area contributed by atoms with Gasteiger partial charge in [0.1, 0.15) is 24.0 Å². The van der Waals surface area contributed by atoms with Crippen molar-refractivity contribution in [2.75, 3.05) is 0 Å². The largest absolute Gasteiger partial charge is 0.489 e. The van der Waals surface area contributed by atoms with Crippen LogP contribution in [0.5, 0.6) is 5.75 Å². The van der Waals surface area contributed by atoms with Gasteiger partial charge in [0.2, 0.25) is 0 Å². The lowest BCUT2D eigenvalue weighted by Crippen LogP contribution is -2.13. The number of ether oxygens (including phenoxy) is 2. The van der Waals surface area contributed by atoms with E-state index in [2.05, 4.69) is 25.8 Å². The van der Waals surface area contributed by atoms with Crippen LogP contribution < -0.4 is 4.74 Å².